The summed E-state index contributed by atoms with van der Waals surface area (Å²) in [5.41, 5.74) is 0. The normalized spacial score (nSPS) is 33.8. The molecule has 1 N–H and O–H groups in total. The van der Waals surface area contributed by atoms with Crippen molar-refractivity contribution in [1.29, 1.82) is 0 Å². The molecule has 2 aliphatic rings. The van der Waals surface area contributed by atoms with E-state index in [-0.39, 0.29) is 0 Å². The molecule has 0 radical (unpaired) electrons. The van der Waals surface area contributed by atoms with Crippen molar-refractivity contribution in [3.05, 3.63) is 0 Å². The lowest BCUT2D eigenvalue weighted by Crippen LogP contribution is -2.49. The van der Waals surface area contributed by atoms with Gasteiger partial charge in [-0.05, 0) is 46.3 Å². The minimum absolute atomic E-state index is 0.739. The van der Waals surface area contributed by atoms with Gasteiger partial charge in [0.1, 0.15) is 0 Å². The maximum absolute atomic E-state index is 3.53. The van der Waals surface area contributed by atoms with Gasteiger partial charge in [0.15, 0.2) is 0 Å². The lowest BCUT2D eigenvalue weighted by molar-refractivity contribution is 0.115. The van der Waals surface area contributed by atoms with Crippen LogP contribution in [0.5, 0.6) is 0 Å². The first kappa shape index (κ1) is 12.7. The van der Waals surface area contributed by atoms with Crippen LogP contribution < -0.4 is 5.32 Å². The molecule has 2 atom stereocenters. The highest BCUT2D eigenvalue weighted by molar-refractivity contribution is 7.99. The van der Waals surface area contributed by atoms with Gasteiger partial charge in [-0.1, -0.05) is 0 Å². The van der Waals surface area contributed by atoms with E-state index in [2.05, 4.69) is 35.5 Å². The summed E-state index contributed by atoms with van der Waals surface area (Å²) in [5, 5.41) is 4.31. The maximum atomic E-state index is 3.53. The predicted molar refractivity (Wildman–Crippen MR) is 72.2 cm³/mol. The molecule has 94 valence electrons. The fourth-order valence-electron chi connectivity index (χ4n) is 2.96. The third-order valence-electron chi connectivity index (χ3n) is 4.22. The Morgan fingerprint density at radius 3 is 2.56 bits per heavy atom. The lowest BCUT2D eigenvalue weighted by Gasteiger charge is -2.39. The van der Waals surface area contributed by atoms with E-state index < -0.39 is 0 Å². The van der Waals surface area contributed by atoms with Gasteiger partial charge in [0.05, 0.1) is 0 Å². The Kier molecular flexibility index (Phi) is 4.53. The molecule has 0 aromatic heterocycles. The molecule has 2 fully saturated rings. The largest absolute Gasteiger partial charge is 0.314 e. The fourth-order valence-corrected chi connectivity index (χ4v) is 3.85. The molecule has 2 saturated heterocycles. The van der Waals surface area contributed by atoms with Crippen molar-refractivity contribution in [2.45, 2.75) is 30.2 Å². The Hall–Kier alpha value is 0.230. The zero-order valence-corrected chi connectivity index (χ0v) is 11.6. The number of rotatable bonds is 3. The molecule has 0 bridgehead atoms. The number of nitrogens with zero attached hydrogens (tertiary/aromatic N) is 2. The first-order chi connectivity index (χ1) is 7.72. The van der Waals surface area contributed by atoms with Crippen LogP contribution in [0.3, 0.4) is 0 Å². The van der Waals surface area contributed by atoms with E-state index >= 15 is 0 Å². The molecule has 3 nitrogen and oxygen atoms in total. The summed E-state index contributed by atoms with van der Waals surface area (Å²) in [5.74, 6) is 0. The average Bonchev–Trinajstić information content (AvgIpc) is 2.77. The Morgan fingerprint density at radius 2 is 1.94 bits per heavy atom. The van der Waals surface area contributed by atoms with Gasteiger partial charge in [-0.25, -0.2) is 0 Å². The van der Waals surface area contributed by atoms with Gasteiger partial charge in [0.25, 0.3) is 0 Å². The van der Waals surface area contributed by atoms with Gasteiger partial charge >= 0.3 is 0 Å². The second-order valence-corrected chi connectivity index (χ2v) is 6.28. The van der Waals surface area contributed by atoms with Crippen LogP contribution >= 0.6 is 11.8 Å². The molecular formula is C12H25N3S. The summed E-state index contributed by atoms with van der Waals surface area (Å²) in [6.45, 7) is 4.88. The van der Waals surface area contributed by atoms with E-state index in [4.69, 9.17) is 0 Å². The van der Waals surface area contributed by atoms with Crippen molar-refractivity contribution < 1.29 is 0 Å². The van der Waals surface area contributed by atoms with Crippen molar-refractivity contribution in [2.75, 3.05) is 46.5 Å². The minimum Gasteiger partial charge on any atom is -0.314 e. The first-order valence-electron chi connectivity index (χ1n) is 6.36. The van der Waals surface area contributed by atoms with Crippen LogP contribution in [-0.4, -0.2) is 73.7 Å². The van der Waals surface area contributed by atoms with Gasteiger partial charge in [0, 0.05) is 30.4 Å². The van der Waals surface area contributed by atoms with E-state index in [0.29, 0.717) is 0 Å². The molecule has 0 aromatic carbocycles. The van der Waals surface area contributed by atoms with Crippen LogP contribution in [0.15, 0.2) is 0 Å². The van der Waals surface area contributed by atoms with Crippen LogP contribution in [0.1, 0.15) is 12.8 Å². The molecule has 2 aliphatic heterocycles. The molecule has 0 aromatic rings. The van der Waals surface area contributed by atoms with Crippen molar-refractivity contribution >= 4 is 11.8 Å². The molecular weight excluding hydrogens is 218 g/mol. The summed E-state index contributed by atoms with van der Waals surface area (Å²) in [4.78, 5) is 5.09. The van der Waals surface area contributed by atoms with Crippen LogP contribution in [0.4, 0.5) is 0 Å². The molecule has 16 heavy (non-hydrogen) atoms. The van der Waals surface area contributed by atoms with Gasteiger partial charge < -0.3 is 10.2 Å². The van der Waals surface area contributed by atoms with Crippen molar-refractivity contribution in [1.82, 2.24) is 15.1 Å². The number of hydrogen-bond acceptors (Lipinski definition) is 4. The van der Waals surface area contributed by atoms with Crippen LogP contribution in [0.2, 0.25) is 0 Å². The average molecular weight is 243 g/mol. The predicted octanol–water partition coefficient (Wildman–Crippen LogP) is 0.716. The zero-order valence-electron chi connectivity index (χ0n) is 10.8. The zero-order chi connectivity index (χ0) is 11.5. The highest BCUT2D eigenvalue weighted by Crippen LogP contribution is 2.24. The summed E-state index contributed by atoms with van der Waals surface area (Å²) < 4.78 is 0. The highest BCUT2D eigenvalue weighted by Gasteiger charge is 2.33. The molecule has 0 amide bonds. The Balaban J connectivity index is 1.88. The van der Waals surface area contributed by atoms with Gasteiger partial charge in [-0.3, -0.25) is 4.90 Å². The van der Waals surface area contributed by atoms with Crippen molar-refractivity contribution in [3.8, 4) is 0 Å². The molecule has 4 heteroatoms. The van der Waals surface area contributed by atoms with E-state index in [1.807, 2.05) is 11.8 Å². The molecule has 0 spiro atoms. The number of likely N-dealkylation sites (N-methyl/N-ethyl adjacent to an activating group) is 1. The standard InChI is InChI=1S/C12H25N3S/c1-14-6-4-10(5-7-14)15(2)11-8-13-9-12(11)16-3/h10-13H,4-9H2,1-3H3. The first-order valence-corrected chi connectivity index (χ1v) is 7.65. The third kappa shape index (κ3) is 2.73. The Labute approximate surface area is 104 Å². The summed E-state index contributed by atoms with van der Waals surface area (Å²) in [6.07, 6.45) is 4.92. The number of piperidine rings is 1. The summed E-state index contributed by atoms with van der Waals surface area (Å²) >= 11 is 2.02. The van der Waals surface area contributed by atoms with Gasteiger partial charge in [-0.15, -0.1) is 0 Å². The summed E-state index contributed by atoms with van der Waals surface area (Å²) in [6, 6.07) is 1.54. The Bertz CT molecular complexity index is 216. The monoisotopic (exact) mass is 243 g/mol. The van der Waals surface area contributed by atoms with Crippen LogP contribution in [0.25, 0.3) is 0 Å². The van der Waals surface area contributed by atoms with E-state index in [0.717, 1.165) is 17.3 Å². The van der Waals surface area contributed by atoms with E-state index in [1.54, 1.807) is 0 Å². The quantitative estimate of drug-likeness (QED) is 0.787. The molecule has 2 rings (SSSR count). The lowest BCUT2D eigenvalue weighted by atomic mass is 10.0. The van der Waals surface area contributed by atoms with Crippen molar-refractivity contribution in [3.63, 3.8) is 0 Å². The van der Waals surface area contributed by atoms with Gasteiger partial charge in [-0.2, -0.15) is 11.8 Å². The molecule has 2 unspecified atom stereocenters. The number of hydrogen-bond donors (Lipinski definition) is 1. The van der Waals surface area contributed by atoms with Gasteiger partial charge in [0.2, 0.25) is 0 Å². The van der Waals surface area contributed by atoms with E-state index in [9.17, 15) is 0 Å². The summed E-state index contributed by atoms with van der Waals surface area (Å²) in [7, 11) is 4.56. The number of nitrogens with one attached hydrogen (secondary N) is 1. The van der Waals surface area contributed by atoms with Crippen LogP contribution in [0, 0.1) is 0 Å². The second kappa shape index (κ2) is 5.71. The van der Waals surface area contributed by atoms with Crippen molar-refractivity contribution in [2.24, 2.45) is 0 Å². The molecule has 0 aliphatic carbocycles. The van der Waals surface area contributed by atoms with E-state index in [1.165, 1.54) is 39.0 Å². The molecule has 2 heterocycles. The second-order valence-electron chi connectivity index (χ2n) is 5.20. The maximum Gasteiger partial charge on any atom is 0.0351 e. The smallest absolute Gasteiger partial charge is 0.0351 e. The highest BCUT2D eigenvalue weighted by atomic mass is 32.2. The topological polar surface area (TPSA) is 18.5 Å². The molecule has 0 saturated carbocycles. The SMILES string of the molecule is CSC1CNCC1N(C)C1CCN(C)CC1. The Morgan fingerprint density at radius 1 is 1.25 bits per heavy atom. The number of likely N-dealkylation sites (tertiary alicyclic amines) is 1. The minimum atomic E-state index is 0.739. The van der Waals surface area contributed by atoms with Crippen LogP contribution in [-0.2, 0) is 0 Å². The third-order valence-corrected chi connectivity index (χ3v) is 5.30. The fraction of sp³-hybridized carbons (Fsp3) is 1.00. The number of thioether (sulfide) groups is 1.